The summed E-state index contributed by atoms with van der Waals surface area (Å²) in [6.45, 7) is 3.05. The van der Waals surface area contributed by atoms with E-state index in [1.807, 2.05) is 31.2 Å². The molecule has 0 radical (unpaired) electrons. The molecule has 2 heterocycles. The van der Waals surface area contributed by atoms with Gasteiger partial charge in [0.1, 0.15) is 0 Å². The first-order valence-electron chi connectivity index (χ1n) is 6.61. The smallest absolute Gasteiger partial charge is 0.234 e. The van der Waals surface area contributed by atoms with Crippen LogP contribution in [0.3, 0.4) is 0 Å². The molecule has 0 spiro atoms. The maximum absolute atomic E-state index is 11.3. The number of benzene rings is 1. The molecule has 0 aliphatic carbocycles. The van der Waals surface area contributed by atoms with Gasteiger partial charge in [0.25, 0.3) is 0 Å². The quantitative estimate of drug-likeness (QED) is 0.827. The molecule has 2 N–H and O–H groups in total. The SMILES string of the molecule is C[C@@H]1CN(S(=O)O)C[C@@H](c2nccc3ccccc23)N1. The fourth-order valence-electron chi connectivity index (χ4n) is 2.75. The van der Waals surface area contributed by atoms with Crippen LogP contribution in [0.15, 0.2) is 36.5 Å². The Morgan fingerprint density at radius 1 is 1.35 bits per heavy atom. The predicted octanol–water partition coefficient (Wildman–Crippen LogP) is 1.71. The van der Waals surface area contributed by atoms with Crippen molar-refractivity contribution >= 4 is 22.0 Å². The highest BCUT2D eigenvalue weighted by Gasteiger charge is 2.29. The first kappa shape index (κ1) is 13.6. The molecule has 1 unspecified atom stereocenters. The average Bonchev–Trinajstić information content (AvgIpc) is 2.46. The molecule has 1 aromatic heterocycles. The van der Waals surface area contributed by atoms with Gasteiger partial charge in [0, 0.05) is 30.7 Å². The van der Waals surface area contributed by atoms with Crippen LogP contribution in [0, 0.1) is 0 Å². The lowest BCUT2D eigenvalue weighted by atomic mass is 10.0. The molecule has 3 rings (SSSR count). The van der Waals surface area contributed by atoms with E-state index in [0.29, 0.717) is 13.1 Å². The van der Waals surface area contributed by atoms with Crippen molar-refractivity contribution in [2.45, 2.75) is 19.0 Å². The topological polar surface area (TPSA) is 65.5 Å². The normalized spacial score (nSPS) is 25.7. The third-order valence-electron chi connectivity index (χ3n) is 3.60. The zero-order chi connectivity index (χ0) is 14.1. The largest absolute Gasteiger partial charge is 0.304 e. The summed E-state index contributed by atoms with van der Waals surface area (Å²) >= 11 is -1.94. The number of nitrogens with zero attached hydrogens (tertiary/aromatic N) is 2. The summed E-state index contributed by atoms with van der Waals surface area (Å²) in [4.78, 5) is 4.49. The van der Waals surface area contributed by atoms with Gasteiger partial charge in [-0.2, -0.15) is 4.31 Å². The molecule has 106 valence electrons. The molecule has 1 aromatic carbocycles. The van der Waals surface area contributed by atoms with Crippen LogP contribution in [0.4, 0.5) is 0 Å². The van der Waals surface area contributed by atoms with E-state index >= 15 is 0 Å². The monoisotopic (exact) mass is 291 g/mol. The van der Waals surface area contributed by atoms with Crippen LogP contribution in [0.2, 0.25) is 0 Å². The lowest BCUT2D eigenvalue weighted by molar-refractivity contribution is 0.249. The summed E-state index contributed by atoms with van der Waals surface area (Å²) in [5.41, 5.74) is 0.935. The van der Waals surface area contributed by atoms with E-state index < -0.39 is 11.3 Å². The van der Waals surface area contributed by atoms with Gasteiger partial charge in [-0.3, -0.25) is 9.54 Å². The second-order valence-corrected chi connectivity index (χ2v) is 6.09. The molecule has 1 aliphatic rings. The molecule has 1 aliphatic heterocycles. The molecular formula is C14H17N3O2S. The third kappa shape index (κ3) is 2.60. The van der Waals surface area contributed by atoms with Crippen molar-refractivity contribution in [3.63, 3.8) is 0 Å². The maximum Gasteiger partial charge on any atom is 0.234 e. The molecule has 5 nitrogen and oxygen atoms in total. The van der Waals surface area contributed by atoms with Crippen LogP contribution in [-0.2, 0) is 11.3 Å². The molecule has 1 saturated heterocycles. The van der Waals surface area contributed by atoms with E-state index in [9.17, 15) is 8.76 Å². The van der Waals surface area contributed by atoms with E-state index in [1.54, 1.807) is 10.5 Å². The number of piperazine rings is 1. The summed E-state index contributed by atoms with van der Waals surface area (Å²) in [5.74, 6) is 0. The van der Waals surface area contributed by atoms with Crippen molar-refractivity contribution < 1.29 is 8.76 Å². The Labute approximate surface area is 120 Å². The Kier molecular flexibility index (Phi) is 3.80. The number of hydrogen-bond acceptors (Lipinski definition) is 3. The summed E-state index contributed by atoms with van der Waals surface area (Å²) in [6, 6.07) is 10.2. The molecule has 6 heteroatoms. The summed E-state index contributed by atoms with van der Waals surface area (Å²) in [7, 11) is 0. The Bertz CT molecular complexity index is 644. The fourth-order valence-corrected chi connectivity index (χ4v) is 3.37. The Morgan fingerprint density at radius 3 is 2.95 bits per heavy atom. The Balaban J connectivity index is 1.99. The maximum atomic E-state index is 11.3. The number of aromatic nitrogens is 1. The standard InChI is InChI=1S/C14H17N3O2S/c1-10-8-17(20(18)19)9-13(16-10)14-12-5-3-2-4-11(12)6-7-15-14/h2-7,10,13,16H,8-9H2,1H3,(H,18,19)/t10-,13+/m1/s1. The number of pyridine rings is 1. The number of nitrogens with one attached hydrogen (secondary N) is 1. The van der Waals surface area contributed by atoms with E-state index in [0.717, 1.165) is 16.5 Å². The lowest BCUT2D eigenvalue weighted by Crippen LogP contribution is -2.51. The van der Waals surface area contributed by atoms with Gasteiger partial charge in [-0.15, -0.1) is 0 Å². The lowest BCUT2D eigenvalue weighted by Gasteiger charge is -2.35. The first-order valence-corrected chi connectivity index (χ1v) is 7.67. The van der Waals surface area contributed by atoms with Crippen molar-refractivity contribution in [3.8, 4) is 0 Å². The third-order valence-corrected chi connectivity index (χ3v) is 4.34. The van der Waals surface area contributed by atoms with E-state index in [1.165, 1.54) is 0 Å². The Morgan fingerprint density at radius 2 is 2.15 bits per heavy atom. The molecule has 0 saturated carbocycles. The van der Waals surface area contributed by atoms with Crippen molar-refractivity contribution in [3.05, 3.63) is 42.2 Å². The average molecular weight is 291 g/mol. The van der Waals surface area contributed by atoms with Crippen LogP contribution in [0.25, 0.3) is 10.8 Å². The molecule has 0 amide bonds. The number of rotatable bonds is 2. The molecule has 3 atom stereocenters. The molecule has 20 heavy (non-hydrogen) atoms. The minimum atomic E-state index is -1.94. The number of hydrogen-bond donors (Lipinski definition) is 2. The van der Waals surface area contributed by atoms with Crippen LogP contribution >= 0.6 is 0 Å². The van der Waals surface area contributed by atoms with E-state index in [2.05, 4.69) is 16.4 Å². The number of fused-ring (bicyclic) bond motifs is 1. The zero-order valence-electron chi connectivity index (χ0n) is 11.2. The highest BCUT2D eigenvalue weighted by Crippen LogP contribution is 2.25. The minimum Gasteiger partial charge on any atom is -0.304 e. The predicted molar refractivity (Wildman–Crippen MR) is 79.4 cm³/mol. The highest BCUT2D eigenvalue weighted by atomic mass is 32.2. The summed E-state index contributed by atoms with van der Waals surface area (Å²) < 4.78 is 22.2. The fraction of sp³-hybridized carbons (Fsp3) is 0.357. The molecule has 1 fully saturated rings. The molecule has 2 aromatic rings. The second-order valence-electron chi connectivity index (χ2n) is 5.12. The summed E-state index contributed by atoms with van der Waals surface area (Å²) in [5, 5.41) is 5.68. The minimum absolute atomic E-state index is 0.0408. The van der Waals surface area contributed by atoms with Crippen LogP contribution < -0.4 is 5.32 Å². The molecular weight excluding hydrogens is 274 g/mol. The van der Waals surface area contributed by atoms with E-state index in [-0.39, 0.29) is 12.1 Å². The van der Waals surface area contributed by atoms with Crippen LogP contribution in [0.1, 0.15) is 18.7 Å². The van der Waals surface area contributed by atoms with Gasteiger partial charge in [-0.05, 0) is 18.4 Å². The zero-order valence-corrected chi connectivity index (χ0v) is 12.0. The van der Waals surface area contributed by atoms with Gasteiger partial charge in [0.15, 0.2) is 0 Å². The van der Waals surface area contributed by atoms with Crippen LogP contribution in [0.5, 0.6) is 0 Å². The van der Waals surface area contributed by atoms with Gasteiger partial charge in [-0.1, -0.05) is 24.3 Å². The van der Waals surface area contributed by atoms with Crippen LogP contribution in [-0.4, -0.2) is 37.2 Å². The van der Waals surface area contributed by atoms with Gasteiger partial charge >= 0.3 is 0 Å². The van der Waals surface area contributed by atoms with Crippen molar-refractivity contribution in [1.29, 1.82) is 0 Å². The van der Waals surface area contributed by atoms with Crippen molar-refractivity contribution in [2.24, 2.45) is 0 Å². The summed E-state index contributed by atoms with van der Waals surface area (Å²) in [6.07, 6.45) is 1.79. The first-order chi connectivity index (χ1) is 9.65. The van der Waals surface area contributed by atoms with E-state index in [4.69, 9.17) is 0 Å². The van der Waals surface area contributed by atoms with Gasteiger partial charge in [0.2, 0.25) is 11.3 Å². The van der Waals surface area contributed by atoms with Gasteiger partial charge in [-0.25, -0.2) is 4.21 Å². The molecule has 0 bridgehead atoms. The van der Waals surface area contributed by atoms with Crippen molar-refractivity contribution in [2.75, 3.05) is 13.1 Å². The highest BCUT2D eigenvalue weighted by molar-refractivity contribution is 7.76. The van der Waals surface area contributed by atoms with Gasteiger partial charge in [0.05, 0.1) is 11.7 Å². The van der Waals surface area contributed by atoms with Gasteiger partial charge < -0.3 is 5.32 Å². The second kappa shape index (κ2) is 5.57. The van der Waals surface area contributed by atoms with Crippen molar-refractivity contribution in [1.82, 2.24) is 14.6 Å². The Hall–Kier alpha value is -1.34.